The number of nitrogens with zero attached hydrogens (tertiary/aromatic N) is 4. The normalized spacial score (nSPS) is 24.8. The maximum atomic E-state index is 13.3. The van der Waals surface area contributed by atoms with Gasteiger partial charge in [0.05, 0.1) is 17.7 Å². The highest BCUT2D eigenvalue weighted by Gasteiger charge is 2.46. The zero-order valence-corrected chi connectivity index (χ0v) is 17.0. The molecule has 2 aliphatic heterocycles. The van der Waals surface area contributed by atoms with Crippen molar-refractivity contribution in [2.45, 2.75) is 37.9 Å². The molecule has 0 spiro atoms. The molecular formula is C20H24F3N5O3. The number of nitrogens with one attached hydrogen (secondary N) is 1. The molecule has 4 aliphatic rings. The van der Waals surface area contributed by atoms with E-state index in [0.717, 1.165) is 12.8 Å². The molecule has 0 aromatic carbocycles. The van der Waals surface area contributed by atoms with Crippen LogP contribution in [0.1, 0.15) is 42.1 Å². The van der Waals surface area contributed by atoms with Crippen molar-refractivity contribution < 1.29 is 22.8 Å². The summed E-state index contributed by atoms with van der Waals surface area (Å²) in [7, 11) is 0. The van der Waals surface area contributed by atoms with Crippen molar-refractivity contribution in [1.82, 2.24) is 24.9 Å². The minimum Gasteiger partial charge on any atom is -0.339 e. The lowest BCUT2D eigenvalue weighted by Gasteiger charge is -2.45. The Morgan fingerprint density at radius 2 is 1.52 bits per heavy atom. The van der Waals surface area contributed by atoms with Crippen molar-refractivity contribution in [3.63, 3.8) is 0 Å². The quantitative estimate of drug-likeness (QED) is 0.752. The molecule has 31 heavy (non-hydrogen) atoms. The lowest BCUT2D eigenvalue weighted by molar-refractivity contribution is -0.147. The van der Waals surface area contributed by atoms with Gasteiger partial charge < -0.3 is 9.80 Å². The first-order valence-electron chi connectivity index (χ1n) is 10.7. The van der Waals surface area contributed by atoms with E-state index in [1.54, 1.807) is 4.90 Å². The molecule has 1 aromatic heterocycles. The first-order chi connectivity index (χ1) is 14.7. The molecule has 3 heterocycles. The van der Waals surface area contributed by atoms with Crippen LogP contribution in [0.5, 0.6) is 0 Å². The summed E-state index contributed by atoms with van der Waals surface area (Å²) < 4.78 is 39.9. The highest BCUT2D eigenvalue weighted by molar-refractivity contribution is 5.82. The van der Waals surface area contributed by atoms with E-state index in [4.69, 9.17) is 0 Å². The lowest BCUT2D eigenvalue weighted by Crippen LogP contribution is -2.58. The molecule has 1 saturated carbocycles. The molecule has 2 amide bonds. The second kappa shape index (κ2) is 7.32. The van der Waals surface area contributed by atoms with Gasteiger partial charge in [0.1, 0.15) is 5.56 Å². The lowest BCUT2D eigenvalue weighted by atomic mass is 9.94. The van der Waals surface area contributed by atoms with Gasteiger partial charge in [0.25, 0.3) is 5.56 Å². The number of piperazine rings is 1. The van der Waals surface area contributed by atoms with Crippen LogP contribution in [0.25, 0.3) is 0 Å². The maximum absolute atomic E-state index is 13.3. The highest BCUT2D eigenvalue weighted by Crippen LogP contribution is 2.42. The standard InChI is InChI=1S/C20H24F3N5O3/c21-20(22,23)15-13-3-4-14(16(13)24-25-17(15)29)28-9-12(10-28)19(31)27-7-5-26(6-8-27)18(30)11-1-2-11/h11-12,14H,1-10H2,(H,25,29)/t14-/m1/s1. The Labute approximate surface area is 176 Å². The van der Waals surface area contributed by atoms with Crippen LogP contribution in [0.4, 0.5) is 13.2 Å². The first-order valence-corrected chi connectivity index (χ1v) is 10.7. The molecule has 0 radical (unpaired) electrons. The van der Waals surface area contributed by atoms with E-state index in [9.17, 15) is 27.6 Å². The van der Waals surface area contributed by atoms with Crippen LogP contribution in [-0.4, -0.2) is 76.0 Å². The summed E-state index contributed by atoms with van der Waals surface area (Å²) in [4.78, 5) is 42.3. The molecule has 5 rings (SSSR count). The van der Waals surface area contributed by atoms with Crippen LogP contribution in [0, 0.1) is 11.8 Å². The second-order valence-electron chi connectivity index (χ2n) is 8.92. The molecule has 11 heteroatoms. The van der Waals surface area contributed by atoms with E-state index >= 15 is 0 Å². The number of hydrogen-bond acceptors (Lipinski definition) is 5. The third-order valence-electron chi connectivity index (χ3n) is 6.91. The molecule has 0 unspecified atom stereocenters. The van der Waals surface area contributed by atoms with E-state index in [-0.39, 0.29) is 47.4 Å². The predicted molar refractivity (Wildman–Crippen MR) is 102 cm³/mol. The van der Waals surface area contributed by atoms with Crippen LogP contribution >= 0.6 is 0 Å². The van der Waals surface area contributed by atoms with Gasteiger partial charge in [-0.1, -0.05) is 0 Å². The molecule has 0 bridgehead atoms. The van der Waals surface area contributed by atoms with E-state index in [1.807, 2.05) is 14.9 Å². The zero-order chi connectivity index (χ0) is 21.9. The number of rotatable bonds is 3. The maximum Gasteiger partial charge on any atom is 0.422 e. The molecule has 2 saturated heterocycles. The number of halogens is 3. The Hall–Kier alpha value is -2.43. The molecule has 8 nitrogen and oxygen atoms in total. The second-order valence-corrected chi connectivity index (χ2v) is 8.92. The average Bonchev–Trinajstić information content (AvgIpc) is 3.46. The molecule has 168 valence electrons. The average molecular weight is 439 g/mol. The van der Waals surface area contributed by atoms with Gasteiger partial charge >= 0.3 is 6.18 Å². The van der Waals surface area contributed by atoms with Gasteiger partial charge in [-0.3, -0.25) is 19.3 Å². The van der Waals surface area contributed by atoms with Crippen LogP contribution in [-0.2, 0) is 22.2 Å². The molecule has 1 aromatic rings. The first kappa shape index (κ1) is 20.5. The number of likely N-dealkylation sites (tertiary alicyclic amines) is 1. The van der Waals surface area contributed by atoms with Crippen molar-refractivity contribution in [3.8, 4) is 0 Å². The van der Waals surface area contributed by atoms with Crippen LogP contribution in [0.3, 0.4) is 0 Å². The number of aromatic amines is 1. The van der Waals surface area contributed by atoms with E-state index in [2.05, 4.69) is 5.10 Å². The fourth-order valence-corrected chi connectivity index (χ4v) is 5.02. The van der Waals surface area contributed by atoms with Crippen LogP contribution in [0.2, 0.25) is 0 Å². The van der Waals surface area contributed by atoms with Crippen molar-refractivity contribution >= 4 is 11.8 Å². The van der Waals surface area contributed by atoms with Gasteiger partial charge in [-0.15, -0.1) is 0 Å². The number of H-pyrrole nitrogens is 1. The summed E-state index contributed by atoms with van der Waals surface area (Å²) in [5.74, 6) is 0.224. The Balaban J connectivity index is 1.19. The number of carbonyl (C=O) groups excluding carboxylic acids is 2. The van der Waals surface area contributed by atoms with Crippen LogP contribution in [0.15, 0.2) is 4.79 Å². The van der Waals surface area contributed by atoms with Crippen LogP contribution < -0.4 is 5.56 Å². The topological polar surface area (TPSA) is 89.6 Å². The van der Waals surface area contributed by atoms with E-state index < -0.39 is 17.3 Å². The Morgan fingerprint density at radius 3 is 2.06 bits per heavy atom. The summed E-state index contributed by atoms with van der Waals surface area (Å²) in [5.41, 5.74) is -2.10. The predicted octanol–water partition coefficient (Wildman–Crippen LogP) is 0.789. The van der Waals surface area contributed by atoms with Crippen molar-refractivity contribution in [2.75, 3.05) is 39.3 Å². The summed E-state index contributed by atoms with van der Waals surface area (Å²) in [6, 6.07) is -0.315. The zero-order valence-electron chi connectivity index (χ0n) is 17.0. The van der Waals surface area contributed by atoms with Crippen molar-refractivity contribution in [1.29, 1.82) is 0 Å². The molecule has 1 N–H and O–H groups in total. The van der Waals surface area contributed by atoms with Crippen molar-refractivity contribution in [2.24, 2.45) is 11.8 Å². The monoisotopic (exact) mass is 439 g/mol. The smallest absolute Gasteiger partial charge is 0.339 e. The third-order valence-corrected chi connectivity index (χ3v) is 6.91. The SMILES string of the molecule is O=C(C1CC1)N1CCN(C(=O)C2CN([C@@H]3CCc4c3n[nH]c(=O)c4C(F)(F)F)C2)CC1. The summed E-state index contributed by atoms with van der Waals surface area (Å²) in [6.07, 6.45) is -2.18. The van der Waals surface area contributed by atoms with E-state index in [0.29, 0.717) is 45.7 Å². The van der Waals surface area contributed by atoms with Gasteiger partial charge in [0, 0.05) is 45.2 Å². The fourth-order valence-electron chi connectivity index (χ4n) is 5.02. The Bertz CT molecular complexity index is 960. The Kier molecular flexibility index (Phi) is 4.83. The van der Waals surface area contributed by atoms with Gasteiger partial charge in [0.2, 0.25) is 11.8 Å². The van der Waals surface area contributed by atoms with Crippen molar-refractivity contribution in [3.05, 3.63) is 27.2 Å². The fraction of sp³-hybridized carbons (Fsp3) is 0.700. The largest absolute Gasteiger partial charge is 0.422 e. The Morgan fingerprint density at radius 1 is 0.935 bits per heavy atom. The molecule has 3 fully saturated rings. The number of aromatic nitrogens is 2. The molecule has 2 aliphatic carbocycles. The summed E-state index contributed by atoms with van der Waals surface area (Å²) >= 11 is 0. The third kappa shape index (κ3) is 3.62. The highest BCUT2D eigenvalue weighted by atomic mass is 19.4. The van der Waals surface area contributed by atoms with E-state index in [1.165, 1.54) is 0 Å². The number of fused-ring (bicyclic) bond motifs is 1. The number of amides is 2. The molecular weight excluding hydrogens is 415 g/mol. The van der Waals surface area contributed by atoms with Gasteiger partial charge in [-0.05, 0) is 31.2 Å². The van der Waals surface area contributed by atoms with Gasteiger partial charge in [0.15, 0.2) is 0 Å². The number of carbonyl (C=O) groups is 2. The number of alkyl halides is 3. The van der Waals surface area contributed by atoms with Gasteiger partial charge in [-0.2, -0.15) is 18.3 Å². The minimum atomic E-state index is -4.72. The summed E-state index contributed by atoms with van der Waals surface area (Å²) in [6.45, 7) is 3.10. The minimum absolute atomic E-state index is 0.0209. The summed E-state index contributed by atoms with van der Waals surface area (Å²) in [5, 5.41) is 5.90. The number of hydrogen-bond donors (Lipinski definition) is 1. The van der Waals surface area contributed by atoms with Gasteiger partial charge in [-0.25, -0.2) is 5.10 Å². The molecule has 1 atom stereocenters.